The van der Waals surface area contributed by atoms with E-state index in [1.54, 1.807) is 12.1 Å². The fraction of sp³-hybridized carbons (Fsp3) is 0.632. The lowest BCUT2D eigenvalue weighted by Gasteiger charge is -2.38. The fourth-order valence-electron chi connectivity index (χ4n) is 3.44. The van der Waals surface area contributed by atoms with Crippen LogP contribution in [-0.2, 0) is 5.54 Å². The highest BCUT2D eigenvalue weighted by Gasteiger charge is 2.63. The number of hydrogen-bond acceptors (Lipinski definition) is 2. The molecule has 24 heavy (non-hydrogen) atoms. The normalized spacial score (nSPS) is 18.3. The second-order valence-corrected chi connectivity index (χ2v) is 7.82. The minimum absolute atomic E-state index is 0.413. The van der Waals surface area contributed by atoms with Crippen LogP contribution in [0.2, 0.25) is 0 Å². The summed E-state index contributed by atoms with van der Waals surface area (Å²) >= 11 is 0. The van der Waals surface area contributed by atoms with Gasteiger partial charge < -0.3 is 15.5 Å². The first-order chi connectivity index (χ1) is 11.1. The van der Waals surface area contributed by atoms with Crippen molar-refractivity contribution >= 4 is 11.4 Å². The van der Waals surface area contributed by atoms with Gasteiger partial charge >= 0.3 is 0 Å². The molecule has 0 amide bonds. The van der Waals surface area contributed by atoms with Crippen LogP contribution in [0.3, 0.4) is 0 Å². The first-order valence-electron chi connectivity index (χ1n) is 8.50. The molecule has 1 aromatic rings. The Balaban J connectivity index is 2.30. The topological polar surface area (TPSA) is 33.6 Å². The number of nitrogens with zero attached hydrogens (tertiary/aromatic N) is 2. The second-order valence-electron chi connectivity index (χ2n) is 7.82. The zero-order chi connectivity index (χ0) is 18.1. The molecule has 0 saturated heterocycles. The van der Waals surface area contributed by atoms with E-state index in [1.165, 1.54) is 0 Å². The molecule has 0 aromatic heterocycles. The summed E-state index contributed by atoms with van der Waals surface area (Å²) in [6.45, 7) is 17.7. The van der Waals surface area contributed by atoms with E-state index in [4.69, 9.17) is 12.3 Å². The molecule has 2 rings (SSSR count). The molecule has 2 N–H and O–H groups in total. The maximum Gasteiger partial charge on any atom is 0.269 e. The SMILES string of the molecule is [C-]#[N+]C1(c2ccc(N(CC(C)C)CC(C)C)c(N)c2)CC(F)(F)C1. The van der Waals surface area contributed by atoms with Crippen molar-refractivity contribution in [2.45, 2.75) is 52.0 Å². The first-order valence-corrected chi connectivity index (χ1v) is 8.50. The van der Waals surface area contributed by atoms with Crippen LogP contribution in [0.15, 0.2) is 18.2 Å². The number of halogens is 2. The van der Waals surface area contributed by atoms with E-state index in [0.29, 0.717) is 23.1 Å². The maximum atomic E-state index is 13.3. The summed E-state index contributed by atoms with van der Waals surface area (Å²) < 4.78 is 26.6. The van der Waals surface area contributed by atoms with Gasteiger partial charge in [0, 0.05) is 18.7 Å². The van der Waals surface area contributed by atoms with Gasteiger partial charge in [-0.25, -0.2) is 15.4 Å². The van der Waals surface area contributed by atoms with Crippen molar-refractivity contribution in [3.05, 3.63) is 35.2 Å². The molecular formula is C19H27F2N3. The highest BCUT2D eigenvalue weighted by Crippen LogP contribution is 2.55. The Hall–Kier alpha value is -1.83. The van der Waals surface area contributed by atoms with E-state index < -0.39 is 24.3 Å². The molecule has 1 fully saturated rings. The van der Waals surface area contributed by atoms with Crippen molar-refractivity contribution in [2.75, 3.05) is 23.7 Å². The Morgan fingerprint density at radius 3 is 2.08 bits per heavy atom. The third-order valence-corrected chi connectivity index (χ3v) is 4.39. The summed E-state index contributed by atoms with van der Waals surface area (Å²) in [6.07, 6.45) is -0.825. The molecular weight excluding hydrogens is 308 g/mol. The van der Waals surface area contributed by atoms with Crippen LogP contribution in [0.1, 0.15) is 46.1 Å². The Morgan fingerprint density at radius 2 is 1.71 bits per heavy atom. The van der Waals surface area contributed by atoms with Gasteiger partial charge in [0.25, 0.3) is 11.5 Å². The molecule has 5 heteroatoms. The van der Waals surface area contributed by atoms with E-state index >= 15 is 0 Å². The van der Waals surface area contributed by atoms with Crippen molar-refractivity contribution in [1.82, 2.24) is 0 Å². The van der Waals surface area contributed by atoms with Gasteiger partial charge in [-0.1, -0.05) is 27.7 Å². The highest BCUT2D eigenvalue weighted by atomic mass is 19.3. The quantitative estimate of drug-likeness (QED) is 0.591. The van der Waals surface area contributed by atoms with Gasteiger partial charge in [0.2, 0.25) is 0 Å². The highest BCUT2D eigenvalue weighted by molar-refractivity contribution is 5.69. The minimum atomic E-state index is -2.74. The summed E-state index contributed by atoms with van der Waals surface area (Å²) in [5.41, 5.74) is 7.22. The van der Waals surface area contributed by atoms with Crippen molar-refractivity contribution < 1.29 is 8.78 Å². The first kappa shape index (κ1) is 18.5. The number of nitrogen functional groups attached to an aromatic ring is 1. The lowest BCUT2D eigenvalue weighted by Crippen LogP contribution is -2.47. The van der Waals surface area contributed by atoms with Gasteiger partial charge in [0.1, 0.15) is 0 Å². The molecule has 0 aliphatic heterocycles. The third-order valence-electron chi connectivity index (χ3n) is 4.39. The molecule has 0 heterocycles. The van der Waals surface area contributed by atoms with Crippen LogP contribution in [0.4, 0.5) is 20.2 Å². The van der Waals surface area contributed by atoms with E-state index in [9.17, 15) is 8.78 Å². The average Bonchev–Trinajstić information content (AvgIpc) is 2.42. The van der Waals surface area contributed by atoms with Gasteiger partial charge in [0.05, 0.1) is 24.2 Å². The van der Waals surface area contributed by atoms with Crippen molar-refractivity contribution in [3.8, 4) is 0 Å². The summed E-state index contributed by atoms with van der Waals surface area (Å²) in [4.78, 5) is 5.75. The van der Waals surface area contributed by atoms with E-state index in [0.717, 1.165) is 18.8 Å². The monoisotopic (exact) mass is 335 g/mol. The molecule has 0 spiro atoms. The van der Waals surface area contributed by atoms with Gasteiger partial charge in [-0.3, -0.25) is 0 Å². The molecule has 0 atom stereocenters. The van der Waals surface area contributed by atoms with Crippen LogP contribution in [0.5, 0.6) is 0 Å². The van der Waals surface area contributed by atoms with Crippen LogP contribution in [0, 0.1) is 18.4 Å². The predicted molar refractivity (Wildman–Crippen MR) is 95.2 cm³/mol. The zero-order valence-corrected chi connectivity index (χ0v) is 14.9. The van der Waals surface area contributed by atoms with Crippen LogP contribution >= 0.6 is 0 Å². The lowest BCUT2D eigenvalue weighted by molar-refractivity contribution is -0.112. The maximum absolute atomic E-state index is 13.3. The standard InChI is InChI=1S/C19H27F2N3/c1-13(2)9-24(10-14(3)4)17-7-6-15(8-16(17)22)18(23-5)11-19(20,21)12-18/h6-8,13-14H,9-12,22H2,1-4H3. The van der Waals surface area contributed by atoms with Gasteiger partial charge in [-0.2, -0.15) is 0 Å². The number of hydrogen-bond donors (Lipinski definition) is 1. The zero-order valence-electron chi connectivity index (χ0n) is 14.9. The lowest BCUT2D eigenvalue weighted by atomic mass is 9.69. The van der Waals surface area contributed by atoms with Crippen molar-refractivity contribution in [2.24, 2.45) is 11.8 Å². The van der Waals surface area contributed by atoms with Gasteiger partial charge in [0.15, 0.2) is 0 Å². The van der Waals surface area contributed by atoms with Gasteiger partial charge in [-0.05, 0) is 30.0 Å². The summed E-state index contributed by atoms with van der Waals surface area (Å²) in [6, 6.07) is 5.40. The fourth-order valence-corrected chi connectivity index (χ4v) is 3.44. The molecule has 0 bridgehead atoms. The Bertz CT molecular complexity index is 614. The molecule has 1 aliphatic carbocycles. The second kappa shape index (κ2) is 6.58. The number of nitrogens with two attached hydrogens (primary N) is 1. The summed E-state index contributed by atoms with van der Waals surface area (Å²) in [5.74, 6) is -1.76. The number of alkyl halides is 2. The minimum Gasteiger partial charge on any atom is -0.397 e. The smallest absolute Gasteiger partial charge is 0.269 e. The van der Waals surface area contributed by atoms with Crippen molar-refractivity contribution in [3.63, 3.8) is 0 Å². The molecule has 132 valence electrons. The van der Waals surface area contributed by atoms with E-state index in [2.05, 4.69) is 37.4 Å². The molecule has 0 radical (unpaired) electrons. The Morgan fingerprint density at radius 1 is 1.17 bits per heavy atom. The molecule has 3 nitrogen and oxygen atoms in total. The molecule has 1 aliphatic rings. The van der Waals surface area contributed by atoms with E-state index in [-0.39, 0.29) is 0 Å². The van der Waals surface area contributed by atoms with Gasteiger partial charge in [-0.15, -0.1) is 0 Å². The Kier molecular flexibility index (Phi) is 5.08. The predicted octanol–water partition coefficient (Wildman–Crippen LogP) is 4.93. The average molecular weight is 335 g/mol. The van der Waals surface area contributed by atoms with E-state index in [1.807, 2.05) is 6.07 Å². The summed E-state index contributed by atoms with van der Waals surface area (Å²) in [7, 11) is 0. The molecule has 1 saturated carbocycles. The number of benzene rings is 1. The van der Waals surface area contributed by atoms with Crippen LogP contribution in [-0.4, -0.2) is 19.0 Å². The molecule has 1 aromatic carbocycles. The van der Waals surface area contributed by atoms with Crippen molar-refractivity contribution in [1.29, 1.82) is 0 Å². The number of anilines is 2. The van der Waals surface area contributed by atoms with Crippen LogP contribution < -0.4 is 10.6 Å². The largest absolute Gasteiger partial charge is 0.397 e. The molecule has 0 unspecified atom stereocenters. The third kappa shape index (κ3) is 3.80. The Labute approximate surface area is 143 Å². The number of rotatable bonds is 6. The summed E-state index contributed by atoms with van der Waals surface area (Å²) in [5, 5.41) is 0. The van der Waals surface area contributed by atoms with Crippen LogP contribution in [0.25, 0.3) is 4.85 Å².